The third-order valence-electron chi connectivity index (χ3n) is 11.3. The molecule has 206 valence electrons. The van der Waals surface area contributed by atoms with Crippen LogP contribution in [-0.4, -0.2) is 40.1 Å². The number of esters is 1. The van der Waals surface area contributed by atoms with Gasteiger partial charge in [-0.3, -0.25) is 9.59 Å². The molecule has 0 aromatic rings. The Balaban J connectivity index is 1.83. The van der Waals surface area contributed by atoms with Crippen molar-refractivity contribution in [2.75, 3.05) is 0 Å². The number of rotatable bonds is 5. The highest BCUT2D eigenvalue weighted by Gasteiger charge is 2.71. The van der Waals surface area contributed by atoms with Crippen molar-refractivity contribution >= 4 is 17.7 Å². The molecule has 2 N–H and O–H groups in total. The zero-order valence-electron chi connectivity index (χ0n) is 23.7. The monoisotopic (exact) mass is 514 g/mol. The first-order valence-electron chi connectivity index (χ1n) is 14.1. The largest absolute Gasteiger partial charge is 0.478 e. The van der Waals surface area contributed by atoms with Crippen LogP contribution in [0.1, 0.15) is 99.8 Å². The number of carbonyl (C=O) groups is 3. The number of fused-ring (bicyclic) bond motifs is 5. The molecule has 6 heteroatoms. The van der Waals surface area contributed by atoms with Crippen LogP contribution in [0.4, 0.5) is 0 Å². The molecule has 4 rings (SSSR count). The molecule has 0 aromatic heterocycles. The van der Waals surface area contributed by atoms with Gasteiger partial charge in [0.2, 0.25) is 0 Å². The van der Waals surface area contributed by atoms with Crippen molar-refractivity contribution in [2.24, 2.45) is 39.9 Å². The molecule has 4 fully saturated rings. The van der Waals surface area contributed by atoms with Gasteiger partial charge in [-0.05, 0) is 98.4 Å². The van der Waals surface area contributed by atoms with E-state index in [-0.39, 0.29) is 51.8 Å². The molecule has 4 aliphatic rings. The predicted molar refractivity (Wildman–Crippen MR) is 142 cm³/mol. The topological polar surface area (TPSA) is 101 Å². The first kappa shape index (κ1) is 28.1. The lowest BCUT2D eigenvalue weighted by Crippen LogP contribution is -2.64. The average Bonchev–Trinajstić information content (AvgIpc) is 3.05. The zero-order chi connectivity index (χ0) is 27.5. The SMILES string of the molecule is CC(=O)O[C@H]1C[C@@]2(C)[C@@H](CC(=O)[C@H]3[C@@]4(C)CC[C@@H](O)[C@@H](C)[C@H]4CC[C@@]32C)/C1=C(\CCC=C(C)C)C(=O)O. The second-order valence-corrected chi connectivity index (χ2v) is 13.5. The van der Waals surface area contributed by atoms with Crippen molar-refractivity contribution in [1.29, 1.82) is 0 Å². The summed E-state index contributed by atoms with van der Waals surface area (Å²) in [5, 5.41) is 20.9. The van der Waals surface area contributed by atoms with E-state index >= 15 is 0 Å². The third kappa shape index (κ3) is 4.31. The number of aliphatic hydroxyl groups excluding tert-OH is 1. The number of carboxylic acids is 1. The number of Topliss-reactive ketones (excluding diaryl/α,β-unsaturated/α-hetero) is 1. The summed E-state index contributed by atoms with van der Waals surface area (Å²) in [7, 11) is 0. The number of ether oxygens (including phenoxy) is 1. The summed E-state index contributed by atoms with van der Waals surface area (Å²) in [6, 6.07) is 0. The van der Waals surface area contributed by atoms with E-state index < -0.39 is 18.0 Å². The van der Waals surface area contributed by atoms with Crippen LogP contribution >= 0.6 is 0 Å². The molecule has 37 heavy (non-hydrogen) atoms. The first-order chi connectivity index (χ1) is 17.2. The van der Waals surface area contributed by atoms with E-state index in [1.165, 1.54) is 6.92 Å². The van der Waals surface area contributed by atoms with Crippen LogP contribution in [0.15, 0.2) is 22.8 Å². The van der Waals surface area contributed by atoms with Gasteiger partial charge >= 0.3 is 11.9 Å². The number of aliphatic hydroxyl groups is 1. The molecule has 4 aliphatic carbocycles. The van der Waals surface area contributed by atoms with Crippen molar-refractivity contribution in [3.05, 3.63) is 22.8 Å². The molecule has 0 unspecified atom stereocenters. The maximum atomic E-state index is 14.2. The Labute approximate surface area is 221 Å². The summed E-state index contributed by atoms with van der Waals surface area (Å²) in [5.74, 6) is -1.14. The lowest BCUT2D eigenvalue weighted by atomic mass is 9.37. The Morgan fingerprint density at radius 3 is 2.35 bits per heavy atom. The number of allylic oxidation sites excluding steroid dienone is 2. The van der Waals surface area contributed by atoms with Gasteiger partial charge in [0.25, 0.3) is 0 Å². The fraction of sp³-hybridized carbons (Fsp3) is 0.774. The molecular weight excluding hydrogens is 468 g/mol. The number of ketones is 1. The van der Waals surface area contributed by atoms with Crippen molar-refractivity contribution in [3.63, 3.8) is 0 Å². The van der Waals surface area contributed by atoms with Crippen LogP contribution in [0.5, 0.6) is 0 Å². The van der Waals surface area contributed by atoms with Crippen LogP contribution in [0, 0.1) is 39.9 Å². The number of carbonyl (C=O) groups excluding carboxylic acids is 2. The molecule has 0 bridgehead atoms. The van der Waals surface area contributed by atoms with Gasteiger partial charge in [-0.1, -0.05) is 39.3 Å². The Hall–Kier alpha value is -1.95. The Bertz CT molecular complexity index is 1040. The first-order valence-corrected chi connectivity index (χ1v) is 14.1. The number of hydrogen-bond donors (Lipinski definition) is 2. The Morgan fingerprint density at radius 1 is 1.08 bits per heavy atom. The summed E-state index contributed by atoms with van der Waals surface area (Å²) in [6.45, 7) is 14.2. The molecule has 6 nitrogen and oxygen atoms in total. The minimum absolute atomic E-state index is 0.147. The summed E-state index contributed by atoms with van der Waals surface area (Å²) in [4.78, 5) is 39.0. The van der Waals surface area contributed by atoms with Crippen molar-refractivity contribution < 1.29 is 29.3 Å². The van der Waals surface area contributed by atoms with Gasteiger partial charge in [-0.15, -0.1) is 0 Å². The molecule has 4 saturated carbocycles. The fourth-order valence-corrected chi connectivity index (χ4v) is 9.47. The van der Waals surface area contributed by atoms with Gasteiger partial charge in [0, 0.05) is 24.8 Å². The van der Waals surface area contributed by atoms with Gasteiger partial charge in [-0.2, -0.15) is 0 Å². The van der Waals surface area contributed by atoms with E-state index in [4.69, 9.17) is 4.74 Å². The third-order valence-corrected chi connectivity index (χ3v) is 11.3. The second-order valence-electron chi connectivity index (χ2n) is 13.5. The number of carboxylic acid groups (broad SMARTS) is 1. The smallest absolute Gasteiger partial charge is 0.331 e. The molecule has 0 spiro atoms. The van der Waals surface area contributed by atoms with Crippen LogP contribution in [0.3, 0.4) is 0 Å². The molecule has 9 atom stereocenters. The molecule has 0 heterocycles. The maximum Gasteiger partial charge on any atom is 0.331 e. The minimum Gasteiger partial charge on any atom is -0.478 e. The standard InChI is InChI=1S/C31H46O6/c1-17(2)9-8-10-20(28(35)36)26-22-15-24(34)27-29(5)13-12-23(33)18(3)21(29)11-14-30(27,6)31(22,7)16-25(26)37-19(4)32/h9,18,21-23,25,27,33H,8,10-16H2,1-7H3,(H,35,36)/b26-20-/t18-,21+,22-,23+,25-,27-,29-,30-,31-/m0/s1. The van der Waals surface area contributed by atoms with Crippen LogP contribution in [-0.2, 0) is 19.1 Å². The van der Waals surface area contributed by atoms with E-state index in [0.29, 0.717) is 43.3 Å². The Kier molecular flexibility index (Phi) is 7.33. The van der Waals surface area contributed by atoms with Crippen LogP contribution in [0.25, 0.3) is 0 Å². The average molecular weight is 515 g/mol. The van der Waals surface area contributed by atoms with Crippen LogP contribution in [0.2, 0.25) is 0 Å². The van der Waals surface area contributed by atoms with Gasteiger partial charge in [0.05, 0.1) is 6.10 Å². The van der Waals surface area contributed by atoms with Gasteiger partial charge < -0.3 is 14.9 Å². The van der Waals surface area contributed by atoms with Crippen LogP contribution < -0.4 is 0 Å². The number of hydrogen-bond acceptors (Lipinski definition) is 5. The summed E-state index contributed by atoms with van der Waals surface area (Å²) < 4.78 is 5.84. The summed E-state index contributed by atoms with van der Waals surface area (Å²) in [6.07, 6.45) is 6.22. The highest BCUT2D eigenvalue weighted by Crippen LogP contribution is 2.73. The quantitative estimate of drug-likeness (QED) is 0.270. The minimum atomic E-state index is -0.982. The van der Waals surface area contributed by atoms with E-state index in [9.17, 15) is 24.6 Å². The fourth-order valence-electron chi connectivity index (χ4n) is 9.47. The molecular formula is C31H46O6. The Morgan fingerprint density at radius 2 is 1.76 bits per heavy atom. The summed E-state index contributed by atoms with van der Waals surface area (Å²) in [5.41, 5.74) is 1.19. The highest BCUT2D eigenvalue weighted by molar-refractivity contribution is 5.90. The predicted octanol–water partition coefficient (Wildman–Crippen LogP) is 5.87. The van der Waals surface area contributed by atoms with Gasteiger partial charge in [-0.25, -0.2) is 4.79 Å². The lowest BCUT2D eigenvalue weighted by molar-refractivity contribution is -0.198. The molecule has 0 aromatic carbocycles. The highest BCUT2D eigenvalue weighted by atomic mass is 16.5. The van der Waals surface area contributed by atoms with Gasteiger partial charge in [0.15, 0.2) is 0 Å². The zero-order valence-corrected chi connectivity index (χ0v) is 23.7. The molecule has 0 saturated heterocycles. The molecule has 0 aliphatic heterocycles. The lowest BCUT2D eigenvalue weighted by Gasteiger charge is -2.66. The maximum absolute atomic E-state index is 14.2. The number of aliphatic carboxylic acids is 1. The second kappa shape index (κ2) is 9.66. The van der Waals surface area contributed by atoms with E-state index in [1.807, 2.05) is 19.9 Å². The van der Waals surface area contributed by atoms with Crippen molar-refractivity contribution in [3.8, 4) is 0 Å². The normalized spacial score (nSPS) is 44.3. The van der Waals surface area contributed by atoms with E-state index in [0.717, 1.165) is 24.8 Å². The van der Waals surface area contributed by atoms with E-state index in [1.54, 1.807) is 0 Å². The molecule has 0 radical (unpaired) electrons. The van der Waals surface area contributed by atoms with Crippen molar-refractivity contribution in [1.82, 2.24) is 0 Å². The summed E-state index contributed by atoms with van der Waals surface area (Å²) >= 11 is 0. The van der Waals surface area contributed by atoms with Crippen molar-refractivity contribution in [2.45, 2.75) is 112 Å². The molecule has 0 amide bonds. The van der Waals surface area contributed by atoms with E-state index in [2.05, 4.69) is 27.7 Å². The van der Waals surface area contributed by atoms with Gasteiger partial charge in [0.1, 0.15) is 11.9 Å².